The lowest BCUT2D eigenvalue weighted by Crippen LogP contribution is -2.30. The van der Waals surface area contributed by atoms with Gasteiger partial charge < -0.3 is 14.8 Å². The van der Waals surface area contributed by atoms with Gasteiger partial charge in [-0.25, -0.2) is 4.79 Å². The van der Waals surface area contributed by atoms with Crippen molar-refractivity contribution >= 4 is 33.5 Å². The molecule has 0 bridgehead atoms. The van der Waals surface area contributed by atoms with Crippen molar-refractivity contribution < 1.29 is 19.1 Å². The zero-order valence-corrected chi connectivity index (χ0v) is 16.1. The topological polar surface area (TPSA) is 64.6 Å². The standard InChI is InChI=1S/C19H20BrNO4/c1-11-5-7-16(12(2)9-11)21-18(22)13(3)25-17-8-6-14(10-15(17)20)19(23)24-4/h5-10,13H,1-4H3,(H,21,22). The summed E-state index contributed by atoms with van der Waals surface area (Å²) in [6, 6.07) is 10.6. The van der Waals surface area contributed by atoms with Gasteiger partial charge in [0.2, 0.25) is 0 Å². The molecule has 0 saturated carbocycles. The molecular weight excluding hydrogens is 386 g/mol. The largest absolute Gasteiger partial charge is 0.480 e. The number of ether oxygens (including phenoxy) is 2. The predicted octanol–water partition coefficient (Wildman–Crippen LogP) is 4.26. The minimum absolute atomic E-state index is 0.254. The Labute approximate surface area is 155 Å². The van der Waals surface area contributed by atoms with E-state index in [4.69, 9.17) is 4.74 Å². The van der Waals surface area contributed by atoms with Gasteiger partial charge in [-0.15, -0.1) is 0 Å². The van der Waals surface area contributed by atoms with E-state index >= 15 is 0 Å². The smallest absolute Gasteiger partial charge is 0.337 e. The number of amides is 1. The molecule has 132 valence electrons. The van der Waals surface area contributed by atoms with Crippen LogP contribution in [0.5, 0.6) is 5.75 Å². The highest BCUT2D eigenvalue weighted by Gasteiger charge is 2.18. The number of halogens is 1. The van der Waals surface area contributed by atoms with Crippen LogP contribution in [0.4, 0.5) is 5.69 Å². The first-order chi connectivity index (χ1) is 11.8. The number of benzene rings is 2. The molecular formula is C19H20BrNO4. The zero-order chi connectivity index (χ0) is 18.6. The number of hydrogen-bond donors (Lipinski definition) is 1. The quantitative estimate of drug-likeness (QED) is 0.754. The van der Waals surface area contributed by atoms with Crippen LogP contribution in [-0.2, 0) is 9.53 Å². The Balaban J connectivity index is 2.07. The first kappa shape index (κ1) is 19.0. The second kappa shape index (κ2) is 8.16. The van der Waals surface area contributed by atoms with E-state index in [2.05, 4.69) is 26.0 Å². The summed E-state index contributed by atoms with van der Waals surface area (Å²) in [6.07, 6.45) is -0.707. The van der Waals surface area contributed by atoms with Crippen LogP contribution in [-0.4, -0.2) is 25.1 Å². The summed E-state index contributed by atoms with van der Waals surface area (Å²) in [5, 5.41) is 2.86. The summed E-state index contributed by atoms with van der Waals surface area (Å²) in [6.45, 7) is 5.61. The van der Waals surface area contributed by atoms with Gasteiger partial charge in [0.05, 0.1) is 17.1 Å². The number of nitrogens with one attached hydrogen (secondary N) is 1. The minimum Gasteiger partial charge on any atom is -0.480 e. The van der Waals surface area contributed by atoms with E-state index in [-0.39, 0.29) is 5.91 Å². The molecule has 0 aliphatic rings. The van der Waals surface area contributed by atoms with Gasteiger partial charge in [-0.2, -0.15) is 0 Å². The summed E-state index contributed by atoms with van der Waals surface area (Å²) >= 11 is 3.34. The second-order valence-electron chi connectivity index (χ2n) is 5.70. The molecule has 2 aromatic rings. The van der Waals surface area contributed by atoms with Crippen LogP contribution in [0.15, 0.2) is 40.9 Å². The maximum atomic E-state index is 12.4. The first-order valence-corrected chi connectivity index (χ1v) is 8.53. The molecule has 0 radical (unpaired) electrons. The van der Waals surface area contributed by atoms with Crippen molar-refractivity contribution in [3.8, 4) is 5.75 Å². The van der Waals surface area contributed by atoms with Crippen molar-refractivity contribution in [3.63, 3.8) is 0 Å². The number of hydrogen-bond acceptors (Lipinski definition) is 4. The van der Waals surface area contributed by atoms with Crippen molar-refractivity contribution in [1.29, 1.82) is 0 Å². The third kappa shape index (κ3) is 4.82. The third-order valence-electron chi connectivity index (χ3n) is 3.67. The van der Waals surface area contributed by atoms with Gasteiger partial charge in [-0.3, -0.25) is 4.79 Å². The molecule has 0 aromatic heterocycles. The van der Waals surface area contributed by atoms with Crippen LogP contribution >= 0.6 is 15.9 Å². The molecule has 0 heterocycles. The van der Waals surface area contributed by atoms with E-state index < -0.39 is 12.1 Å². The average molecular weight is 406 g/mol. The number of aryl methyl sites for hydroxylation is 2. The van der Waals surface area contributed by atoms with Crippen LogP contribution < -0.4 is 10.1 Å². The molecule has 1 N–H and O–H groups in total. The van der Waals surface area contributed by atoms with Gasteiger partial charge in [-0.05, 0) is 66.5 Å². The summed E-state index contributed by atoms with van der Waals surface area (Å²) in [4.78, 5) is 23.9. The molecule has 1 amide bonds. The van der Waals surface area contributed by atoms with E-state index in [1.54, 1.807) is 25.1 Å². The lowest BCUT2D eigenvalue weighted by atomic mass is 10.1. The molecule has 6 heteroatoms. The van der Waals surface area contributed by atoms with Gasteiger partial charge in [-0.1, -0.05) is 17.7 Å². The molecule has 0 fully saturated rings. The van der Waals surface area contributed by atoms with Gasteiger partial charge >= 0.3 is 5.97 Å². The van der Waals surface area contributed by atoms with Crippen LogP contribution in [0.2, 0.25) is 0 Å². The van der Waals surface area contributed by atoms with Gasteiger partial charge in [0.15, 0.2) is 6.10 Å². The number of rotatable bonds is 5. The lowest BCUT2D eigenvalue weighted by molar-refractivity contribution is -0.122. The van der Waals surface area contributed by atoms with Crippen molar-refractivity contribution in [3.05, 3.63) is 57.6 Å². The Kier molecular flexibility index (Phi) is 6.20. The average Bonchev–Trinajstić information content (AvgIpc) is 2.58. The summed E-state index contributed by atoms with van der Waals surface area (Å²) in [7, 11) is 1.32. The minimum atomic E-state index is -0.707. The molecule has 0 saturated heterocycles. The fraction of sp³-hybridized carbons (Fsp3) is 0.263. The molecule has 5 nitrogen and oxygen atoms in total. The molecule has 0 spiro atoms. The zero-order valence-electron chi connectivity index (χ0n) is 14.6. The molecule has 0 aliphatic carbocycles. The molecule has 0 aliphatic heterocycles. The molecule has 1 atom stereocenters. The van der Waals surface area contributed by atoms with E-state index in [1.807, 2.05) is 32.0 Å². The van der Waals surface area contributed by atoms with Crippen molar-refractivity contribution in [2.45, 2.75) is 26.9 Å². The van der Waals surface area contributed by atoms with Crippen LogP contribution in [0.3, 0.4) is 0 Å². The molecule has 1 unspecified atom stereocenters. The van der Waals surface area contributed by atoms with Gasteiger partial charge in [0, 0.05) is 5.69 Å². The lowest BCUT2D eigenvalue weighted by Gasteiger charge is -2.17. The molecule has 2 aromatic carbocycles. The van der Waals surface area contributed by atoms with E-state index in [1.165, 1.54) is 7.11 Å². The fourth-order valence-corrected chi connectivity index (χ4v) is 2.75. The Hall–Kier alpha value is -2.34. The monoisotopic (exact) mass is 405 g/mol. The summed E-state index contributed by atoms with van der Waals surface area (Å²) in [5.41, 5.74) is 3.28. The fourth-order valence-electron chi connectivity index (χ4n) is 2.27. The van der Waals surface area contributed by atoms with Crippen LogP contribution in [0.25, 0.3) is 0 Å². The Morgan fingerprint density at radius 3 is 2.44 bits per heavy atom. The highest BCUT2D eigenvalue weighted by atomic mass is 79.9. The molecule has 25 heavy (non-hydrogen) atoms. The van der Waals surface area contributed by atoms with Gasteiger partial charge in [0.1, 0.15) is 5.75 Å². The van der Waals surface area contributed by atoms with Crippen molar-refractivity contribution in [2.24, 2.45) is 0 Å². The number of esters is 1. The Morgan fingerprint density at radius 2 is 1.84 bits per heavy atom. The number of anilines is 1. The Bertz CT molecular complexity index is 804. The Morgan fingerprint density at radius 1 is 1.12 bits per heavy atom. The van der Waals surface area contributed by atoms with E-state index in [9.17, 15) is 9.59 Å². The predicted molar refractivity (Wildman–Crippen MR) is 100 cm³/mol. The maximum absolute atomic E-state index is 12.4. The highest BCUT2D eigenvalue weighted by Crippen LogP contribution is 2.27. The number of carbonyl (C=O) groups is 2. The first-order valence-electron chi connectivity index (χ1n) is 7.74. The maximum Gasteiger partial charge on any atom is 0.337 e. The molecule has 2 rings (SSSR count). The highest BCUT2D eigenvalue weighted by molar-refractivity contribution is 9.10. The van der Waals surface area contributed by atoms with Gasteiger partial charge in [0.25, 0.3) is 5.91 Å². The summed E-state index contributed by atoms with van der Waals surface area (Å²) in [5.74, 6) is -0.222. The van der Waals surface area contributed by atoms with Crippen molar-refractivity contribution in [2.75, 3.05) is 12.4 Å². The number of carbonyl (C=O) groups excluding carboxylic acids is 2. The second-order valence-corrected chi connectivity index (χ2v) is 6.56. The number of methoxy groups -OCH3 is 1. The van der Waals surface area contributed by atoms with E-state index in [0.717, 1.165) is 16.8 Å². The van der Waals surface area contributed by atoms with Crippen LogP contribution in [0, 0.1) is 13.8 Å². The van der Waals surface area contributed by atoms with Crippen molar-refractivity contribution in [1.82, 2.24) is 0 Å². The van der Waals surface area contributed by atoms with Crippen LogP contribution in [0.1, 0.15) is 28.4 Å². The normalized spacial score (nSPS) is 11.6. The summed E-state index contributed by atoms with van der Waals surface area (Å²) < 4.78 is 10.9. The SMILES string of the molecule is COC(=O)c1ccc(OC(C)C(=O)Nc2ccc(C)cc2C)c(Br)c1. The third-order valence-corrected chi connectivity index (χ3v) is 4.29. The van der Waals surface area contributed by atoms with E-state index in [0.29, 0.717) is 15.8 Å².